The molecule has 2 amide bonds. The lowest BCUT2D eigenvalue weighted by Gasteiger charge is -2.22. The van der Waals surface area contributed by atoms with E-state index >= 15 is 0 Å². The van der Waals surface area contributed by atoms with Crippen LogP contribution in [0, 0.1) is 6.92 Å². The normalized spacial score (nSPS) is 12.2. The molecule has 0 aliphatic carbocycles. The zero-order valence-corrected chi connectivity index (χ0v) is 20.2. The SMILES string of the molecule is Cc1ccc(S(=O)(=O)Nc2ccc(NC(=O)CCCCCCNC(=O)C(O)(O)C(F)(F)F)cc2)cc1. The Morgan fingerprint density at radius 3 is 2.00 bits per heavy atom. The van der Waals surface area contributed by atoms with Crippen molar-refractivity contribution < 1.29 is 41.4 Å². The van der Waals surface area contributed by atoms with Crippen molar-refractivity contribution in [1.29, 1.82) is 0 Å². The summed E-state index contributed by atoms with van der Waals surface area (Å²) in [5, 5.41) is 22.1. The van der Waals surface area contributed by atoms with E-state index in [4.69, 9.17) is 10.2 Å². The molecule has 198 valence electrons. The number of aryl methyl sites for hydroxylation is 1. The maximum absolute atomic E-state index is 12.4. The van der Waals surface area contributed by atoms with Crippen LogP contribution in [0.5, 0.6) is 0 Å². The smallest absolute Gasteiger partial charge is 0.351 e. The average Bonchev–Trinajstić information content (AvgIpc) is 2.79. The first kappa shape index (κ1) is 29.1. The molecule has 0 radical (unpaired) electrons. The minimum absolute atomic E-state index is 0.129. The highest BCUT2D eigenvalue weighted by atomic mass is 32.2. The van der Waals surface area contributed by atoms with Gasteiger partial charge in [-0.25, -0.2) is 8.42 Å². The lowest BCUT2D eigenvalue weighted by Crippen LogP contribution is -2.57. The molecule has 0 saturated heterocycles. The molecule has 0 spiro atoms. The first-order valence-electron chi connectivity index (χ1n) is 11.0. The highest BCUT2D eigenvalue weighted by Crippen LogP contribution is 2.28. The van der Waals surface area contributed by atoms with Crippen LogP contribution in [0.3, 0.4) is 0 Å². The molecule has 0 atom stereocenters. The number of sulfonamides is 1. The number of carbonyl (C=O) groups is 2. The van der Waals surface area contributed by atoms with Crippen molar-refractivity contribution in [2.75, 3.05) is 16.6 Å². The lowest BCUT2D eigenvalue weighted by molar-refractivity contribution is -0.328. The van der Waals surface area contributed by atoms with Gasteiger partial charge in [-0.2, -0.15) is 13.2 Å². The van der Waals surface area contributed by atoms with Gasteiger partial charge in [0.05, 0.1) is 4.90 Å². The van der Waals surface area contributed by atoms with Crippen LogP contribution in [0.1, 0.15) is 37.7 Å². The third-order valence-corrected chi connectivity index (χ3v) is 6.48. The van der Waals surface area contributed by atoms with Crippen molar-refractivity contribution in [3.05, 3.63) is 54.1 Å². The van der Waals surface area contributed by atoms with E-state index in [1.165, 1.54) is 24.3 Å². The first-order chi connectivity index (χ1) is 16.7. The molecule has 36 heavy (non-hydrogen) atoms. The van der Waals surface area contributed by atoms with Crippen LogP contribution in [-0.2, 0) is 19.6 Å². The van der Waals surface area contributed by atoms with Gasteiger partial charge in [-0.05, 0) is 56.2 Å². The maximum atomic E-state index is 12.4. The molecule has 0 aliphatic rings. The molecule has 0 aliphatic heterocycles. The van der Waals surface area contributed by atoms with Crippen LogP contribution in [-0.4, -0.2) is 49.0 Å². The molecule has 0 bridgehead atoms. The van der Waals surface area contributed by atoms with Crippen molar-refractivity contribution in [1.82, 2.24) is 5.32 Å². The largest absolute Gasteiger partial charge is 0.453 e. The Morgan fingerprint density at radius 1 is 0.861 bits per heavy atom. The number of hydrogen-bond acceptors (Lipinski definition) is 6. The van der Waals surface area contributed by atoms with Gasteiger partial charge in [-0.15, -0.1) is 0 Å². The summed E-state index contributed by atoms with van der Waals surface area (Å²) < 4.78 is 64.3. The van der Waals surface area contributed by atoms with Gasteiger partial charge >= 0.3 is 12.0 Å². The summed E-state index contributed by atoms with van der Waals surface area (Å²) in [4.78, 5) is 23.4. The highest BCUT2D eigenvalue weighted by molar-refractivity contribution is 7.92. The van der Waals surface area contributed by atoms with Gasteiger partial charge in [0.15, 0.2) is 0 Å². The van der Waals surface area contributed by atoms with Crippen LogP contribution in [0.15, 0.2) is 53.4 Å². The Balaban J connectivity index is 1.68. The summed E-state index contributed by atoms with van der Waals surface area (Å²) >= 11 is 0. The average molecular weight is 532 g/mol. The summed E-state index contributed by atoms with van der Waals surface area (Å²) in [5.74, 6) is -6.65. The molecular weight excluding hydrogens is 503 g/mol. The number of carbonyl (C=O) groups excluding carboxylic acids is 2. The molecule has 9 nitrogen and oxygen atoms in total. The van der Waals surface area contributed by atoms with Crippen molar-refractivity contribution in [2.45, 2.75) is 55.9 Å². The van der Waals surface area contributed by atoms with Crippen LogP contribution in [0.25, 0.3) is 0 Å². The van der Waals surface area contributed by atoms with Gasteiger partial charge in [0.25, 0.3) is 15.9 Å². The van der Waals surface area contributed by atoms with Crippen LogP contribution in [0.4, 0.5) is 24.5 Å². The van der Waals surface area contributed by atoms with E-state index in [2.05, 4.69) is 10.0 Å². The number of amides is 2. The summed E-state index contributed by atoms with van der Waals surface area (Å²) in [6, 6.07) is 12.5. The predicted molar refractivity (Wildman–Crippen MR) is 126 cm³/mol. The van der Waals surface area contributed by atoms with Crippen molar-refractivity contribution in [3.63, 3.8) is 0 Å². The number of halogens is 3. The summed E-state index contributed by atoms with van der Waals surface area (Å²) in [6.45, 7) is 1.67. The molecule has 0 heterocycles. The van der Waals surface area contributed by atoms with Crippen LogP contribution < -0.4 is 15.4 Å². The Bertz CT molecular complexity index is 1140. The standard InChI is InChI=1S/C23H28F3N3O6S/c1-16-7-13-19(14-8-16)36(34,35)29-18-11-9-17(10-12-18)28-20(30)6-4-2-3-5-15-27-21(31)22(32,33)23(24,25)26/h7-14,29,32-33H,2-6,15H2,1H3,(H,27,31)(H,28,30). The molecule has 0 unspecified atom stereocenters. The Labute approximate surface area is 206 Å². The molecule has 0 fully saturated rings. The van der Waals surface area contributed by atoms with Crippen molar-refractivity contribution in [3.8, 4) is 0 Å². The number of alkyl halides is 3. The number of hydrogen-bond donors (Lipinski definition) is 5. The number of nitrogens with one attached hydrogen (secondary N) is 3. The fraction of sp³-hybridized carbons (Fsp3) is 0.391. The molecule has 2 aromatic rings. The highest BCUT2D eigenvalue weighted by Gasteiger charge is 2.58. The van der Waals surface area contributed by atoms with Gasteiger partial charge < -0.3 is 20.8 Å². The second kappa shape index (κ2) is 12.2. The maximum Gasteiger partial charge on any atom is 0.453 e. The van der Waals surface area contributed by atoms with Gasteiger partial charge in [0, 0.05) is 24.3 Å². The van der Waals surface area contributed by atoms with Gasteiger partial charge in [-0.3, -0.25) is 14.3 Å². The third-order valence-electron chi connectivity index (χ3n) is 5.08. The number of aliphatic hydroxyl groups is 2. The zero-order valence-electron chi connectivity index (χ0n) is 19.4. The van der Waals surface area contributed by atoms with Crippen LogP contribution in [0.2, 0.25) is 0 Å². The molecule has 5 N–H and O–H groups in total. The molecule has 0 saturated carbocycles. The van der Waals surface area contributed by atoms with Crippen molar-refractivity contribution in [2.24, 2.45) is 0 Å². The van der Waals surface area contributed by atoms with E-state index in [9.17, 15) is 31.2 Å². The molecule has 2 rings (SSSR count). The monoisotopic (exact) mass is 531 g/mol. The Hall–Kier alpha value is -3.16. The summed E-state index contributed by atoms with van der Waals surface area (Å²) in [7, 11) is -3.74. The van der Waals surface area contributed by atoms with E-state index < -0.39 is 27.9 Å². The minimum Gasteiger partial charge on any atom is -0.351 e. The number of benzene rings is 2. The second-order valence-corrected chi connectivity index (χ2v) is 9.82. The van der Waals surface area contributed by atoms with Crippen LogP contribution >= 0.6 is 0 Å². The Morgan fingerprint density at radius 2 is 1.42 bits per heavy atom. The van der Waals surface area contributed by atoms with E-state index in [0.29, 0.717) is 37.1 Å². The molecular formula is C23H28F3N3O6S. The van der Waals surface area contributed by atoms with Gasteiger partial charge in [0.2, 0.25) is 5.91 Å². The van der Waals surface area contributed by atoms with E-state index in [1.807, 2.05) is 12.2 Å². The quantitative estimate of drug-likeness (QED) is 0.210. The van der Waals surface area contributed by atoms with E-state index in [0.717, 1.165) is 5.56 Å². The number of anilines is 2. The zero-order chi connectivity index (χ0) is 27.0. The fourth-order valence-electron chi connectivity index (χ4n) is 2.99. The van der Waals surface area contributed by atoms with E-state index in [1.54, 1.807) is 24.3 Å². The first-order valence-corrected chi connectivity index (χ1v) is 12.5. The summed E-state index contributed by atoms with van der Waals surface area (Å²) in [5.41, 5.74) is 1.74. The predicted octanol–water partition coefficient (Wildman–Crippen LogP) is 3.04. The third kappa shape index (κ3) is 8.50. The molecule has 13 heteroatoms. The van der Waals surface area contributed by atoms with Gasteiger partial charge in [0.1, 0.15) is 0 Å². The fourth-order valence-corrected chi connectivity index (χ4v) is 4.05. The Kier molecular flexibility index (Phi) is 9.85. The molecule has 2 aromatic carbocycles. The van der Waals surface area contributed by atoms with Gasteiger partial charge in [-0.1, -0.05) is 30.5 Å². The lowest BCUT2D eigenvalue weighted by atomic mass is 10.1. The molecule has 0 aromatic heterocycles. The number of rotatable bonds is 12. The minimum atomic E-state index is -5.50. The summed E-state index contributed by atoms with van der Waals surface area (Å²) in [6.07, 6.45) is -3.48. The number of unbranched alkanes of at least 4 members (excludes halogenated alkanes) is 3. The topological polar surface area (TPSA) is 145 Å². The second-order valence-electron chi connectivity index (χ2n) is 8.13. The van der Waals surface area contributed by atoms with E-state index in [-0.39, 0.29) is 23.8 Å². The van der Waals surface area contributed by atoms with Crippen molar-refractivity contribution >= 4 is 33.2 Å².